The molecule has 1 unspecified atom stereocenters. The fourth-order valence-corrected chi connectivity index (χ4v) is 2.37. The molecule has 3 N–H and O–H groups in total. The number of carbonyl (C=O) groups is 2. The van der Waals surface area contributed by atoms with Gasteiger partial charge in [0.25, 0.3) is 0 Å². The molecule has 0 heterocycles. The van der Waals surface area contributed by atoms with E-state index in [4.69, 9.17) is 5.11 Å². The van der Waals surface area contributed by atoms with Crippen LogP contribution in [0.15, 0.2) is 0 Å². The van der Waals surface area contributed by atoms with Gasteiger partial charge < -0.3 is 20.4 Å². The van der Waals surface area contributed by atoms with Gasteiger partial charge in [0.05, 0.1) is 6.10 Å². The Kier molecular flexibility index (Phi) is 3.75. The Morgan fingerprint density at radius 3 is 2.44 bits per heavy atom. The molecule has 0 aromatic heterocycles. The summed E-state index contributed by atoms with van der Waals surface area (Å²) in [7, 11) is 1.66. The number of hydrogen-bond acceptors (Lipinski definition) is 3. The van der Waals surface area contributed by atoms with Crippen molar-refractivity contribution in [2.75, 3.05) is 13.6 Å². The average Bonchev–Trinajstić information content (AvgIpc) is 3.06. The lowest BCUT2D eigenvalue weighted by atomic mass is 9.82. The van der Waals surface area contributed by atoms with Gasteiger partial charge in [-0.05, 0) is 37.5 Å². The molecule has 0 saturated heterocycles. The highest BCUT2D eigenvalue weighted by molar-refractivity contribution is 5.83. The highest BCUT2D eigenvalue weighted by Gasteiger charge is 2.38. The molecule has 0 aromatic rings. The van der Waals surface area contributed by atoms with Crippen LogP contribution in [0, 0.1) is 11.8 Å². The van der Waals surface area contributed by atoms with Crippen LogP contribution in [0.4, 0.5) is 4.79 Å². The Hall–Kier alpha value is -1.30. The Bertz CT molecular complexity index is 337. The fourth-order valence-electron chi connectivity index (χ4n) is 2.37. The summed E-state index contributed by atoms with van der Waals surface area (Å²) in [4.78, 5) is 24.4. The molecule has 102 valence electrons. The Morgan fingerprint density at radius 2 is 2.00 bits per heavy atom. The molecule has 2 aliphatic carbocycles. The SMILES string of the molecule is CN(CC1CC(O)C1)C(=O)NC(C(=O)O)C1CC1. The Balaban J connectivity index is 1.77. The van der Waals surface area contributed by atoms with E-state index in [0.717, 1.165) is 25.7 Å². The maximum Gasteiger partial charge on any atom is 0.326 e. The zero-order chi connectivity index (χ0) is 13.3. The highest BCUT2D eigenvalue weighted by atomic mass is 16.4. The number of rotatable bonds is 5. The van der Waals surface area contributed by atoms with Crippen LogP contribution in [-0.4, -0.2) is 52.9 Å². The van der Waals surface area contributed by atoms with Crippen LogP contribution < -0.4 is 5.32 Å². The quantitative estimate of drug-likeness (QED) is 0.658. The minimum Gasteiger partial charge on any atom is -0.480 e. The predicted molar refractivity (Wildman–Crippen MR) is 64.0 cm³/mol. The molecule has 0 aliphatic heterocycles. The number of carbonyl (C=O) groups excluding carboxylic acids is 1. The van der Waals surface area contributed by atoms with E-state index in [1.54, 1.807) is 7.05 Å². The molecular weight excluding hydrogens is 236 g/mol. The summed E-state index contributed by atoms with van der Waals surface area (Å²) in [6, 6.07) is -1.09. The Labute approximate surface area is 106 Å². The van der Waals surface area contributed by atoms with Gasteiger partial charge in [0.1, 0.15) is 6.04 Å². The van der Waals surface area contributed by atoms with E-state index >= 15 is 0 Å². The smallest absolute Gasteiger partial charge is 0.326 e. The van der Waals surface area contributed by atoms with Gasteiger partial charge in [-0.15, -0.1) is 0 Å². The number of aliphatic hydroxyl groups is 1. The second-order valence-corrected chi connectivity index (χ2v) is 5.47. The van der Waals surface area contributed by atoms with E-state index < -0.39 is 12.0 Å². The standard InChI is InChI=1S/C12H20N2O4/c1-14(6-7-4-9(15)5-7)12(18)13-10(11(16)17)8-2-3-8/h7-10,15H,2-6H2,1H3,(H,13,18)(H,16,17). The summed E-state index contributed by atoms with van der Waals surface area (Å²) in [6.45, 7) is 0.569. The molecule has 2 saturated carbocycles. The first-order valence-corrected chi connectivity index (χ1v) is 6.40. The lowest BCUT2D eigenvalue weighted by Crippen LogP contribution is -2.50. The van der Waals surface area contributed by atoms with Crippen molar-refractivity contribution in [2.45, 2.75) is 37.8 Å². The molecule has 0 bridgehead atoms. The third-order valence-electron chi connectivity index (χ3n) is 3.73. The normalized spacial score (nSPS) is 28.1. The number of nitrogens with one attached hydrogen (secondary N) is 1. The first kappa shape index (κ1) is 13.1. The highest BCUT2D eigenvalue weighted by Crippen LogP contribution is 2.33. The minimum absolute atomic E-state index is 0.0883. The van der Waals surface area contributed by atoms with Crippen LogP contribution in [0.3, 0.4) is 0 Å². The summed E-state index contributed by atoms with van der Waals surface area (Å²) in [5.74, 6) is -0.538. The van der Waals surface area contributed by atoms with Crippen molar-refractivity contribution < 1.29 is 19.8 Å². The van der Waals surface area contributed by atoms with Gasteiger partial charge in [-0.2, -0.15) is 0 Å². The second-order valence-electron chi connectivity index (χ2n) is 5.47. The topological polar surface area (TPSA) is 89.9 Å². The van der Waals surface area contributed by atoms with Gasteiger partial charge in [0.2, 0.25) is 0 Å². The first-order valence-electron chi connectivity index (χ1n) is 6.40. The Morgan fingerprint density at radius 1 is 1.39 bits per heavy atom. The summed E-state index contributed by atoms with van der Waals surface area (Å²) >= 11 is 0. The minimum atomic E-state index is -0.960. The van der Waals surface area contributed by atoms with E-state index in [1.807, 2.05) is 0 Å². The van der Waals surface area contributed by atoms with Crippen molar-refractivity contribution in [1.82, 2.24) is 10.2 Å². The van der Waals surface area contributed by atoms with Crippen molar-refractivity contribution in [2.24, 2.45) is 11.8 Å². The zero-order valence-electron chi connectivity index (χ0n) is 10.5. The van der Waals surface area contributed by atoms with Crippen LogP contribution in [-0.2, 0) is 4.79 Å². The number of nitrogens with zero attached hydrogens (tertiary/aromatic N) is 1. The lowest BCUT2D eigenvalue weighted by Gasteiger charge is -2.34. The summed E-state index contributed by atoms with van der Waals surface area (Å²) in [5.41, 5.74) is 0. The molecule has 0 radical (unpaired) electrons. The number of amides is 2. The molecule has 2 amide bonds. The lowest BCUT2D eigenvalue weighted by molar-refractivity contribution is -0.139. The monoisotopic (exact) mass is 256 g/mol. The van der Waals surface area contributed by atoms with Crippen molar-refractivity contribution in [3.8, 4) is 0 Å². The van der Waals surface area contributed by atoms with E-state index in [0.29, 0.717) is 12.5 Å². The molecule has 1 atom stereocenters. The van der Waals surface area contributed by atoms with Crippen LogP contribution in [0.2, 0.25) is 0 Å². The van der Waals surface area contributed by atoms with Gasteiger partial charge >= 0.3 is 12.0 Å². The number of carboxylic acid groups (broad SMARTS) is 1. The number of urea groups is 1. The van der Waals surface area contributed by atoms with Crippen LogP contribution in [0.25, 0.3) is 0 Å². The third kappa shape index (κ3) is 3.13. The number of aliphatic carboxylic acids is 1. The average molecular weight is 256 g/mol. The maximum atomic E-state index is 11.8. The van der Waals surface area contributed by atoms with E-state index in [1.165, 1.54) is 4.90 Å². The third-order valence-corrected chi connectivity index (χ3v) is 3.73. The molecule has 0 aromatic carbocycles. The van der Waals surface area contributed by atoms with Gasteiger partial charge in [-0.25, -0.2) is 9.59 Å². The fraction of sp³-hybridized carbons (Fsp3) is 0.833. The van der Waals surface area contributed by atoms with Crippen molar-refractivity contribution in [1.29, 1.82) is 0 Å². The van der Waals surface area contributed by atoms with Crippen molar-refractivity contribution >= 4 is 12.0 Å². The second kappa shape index (κ2) is 5.14. The molecule has 0 spiro atoms. The molecule has 2 fully saturated rings. The number of carboxylic acids is 1. The zero-order valence-corrected chi connectivity index (χ0v) is 10.5. The van der Waals surface area contributed by atoms with E-state index in [-0.39, 0.29) is 18.1 Å². The van der Waals surface area contributed by atoms with Crippen LogP contribution >= 0.6 is 0 Å². The summed E-state index contributed by atoms with van der Waals surface area (Å²) < 4.78 is 0. The molecule has 2 rings (SSSR count). The van der Waals surface area contributed by atoms with Gasteiger partial charge in [-0.3, -0.25) is 0 Å². The summed E-state index contributed by atoms with van der Waals surface area (Å²) in [5, 5.41) is 20.8. The van der Waals surface area contributed by atoms with Gasteiger partial charge in [0.15, 0.2) is 0 Å². The maximum absolute atomic E-state index is 11.8. The molecule has 6 heteroatoms. The van der Waals surface area contributed by atoms with Crippen LogP contribution in [0.5, 0.6) is 0 Å². The van der Waals surface area contributed by atoms with Gasteiger partial charge in [-0.1, -0.05) is 0 Å². The largest absolute Gasteiger partial charge is 0.480 e. The molecule has 2 aliphatic rings. The van der Waals surface area contributed by atoms with Crippen LogP contribution in [0.1, 0.15) is 25.7 Å². The predicted octanol–water partition coefficient (Wildman–Crippen LogP) is 0.262. The molecule has 18 heavy (non-hydrogen) atoms. The first-order chi connectivity index (χ1) is 8.47. The number of aliphatic hydroxyl groups excluding tert-OH is 1. The molecule has 6 nitrogen and oxygen atoms in total. The van der Waals surface area contributed by atoms with E-state index in [9.17, 15) is 14.7 Å². The molecular formula is C12H20N2O4. The number of hydrogen-bond donors (Lipinski definition) is 3. The van der Waals surface area contributed by atoms with Crippen molar-refractivity contribution in [3.05, 3.63) is 0 Å². The van der Waals surface area contributed by atoms with Gasteiger partial charge in [0, 0.05) is 13.6 Å². The summed E-state index contributed by atoms with van der Waals surface area (Å²) in [6.07, 6.45) is 2.96. The van der Waals surface area contributed by atoms with E-state index in [2.05, 4.69) is 5.32 Å². The van der Waals surface area contributed by atoms with Crippen molar-refractivity contribution in [3.63, 3.8) is 0 Å².